The first-order valence-corrected chi connectivity index (χ1v) is 7.05. The molecule has 0 radical (unpaired) electrons. The Morgan fingerprint density at radius 1 is 1.44 bits per heavy atom. The van der Waals surface area contributed by atoms with Gasteiger partial charge in [-0.25, -0.2) is 12.8 Å². The van der Waals surface area contributed by atoms with E-state index in [4.69, 9.17) is 5.73 Å². The first-order valence-electron chi connectivity index (χ1n) is 4.99. The van der Waals surface area contributed by atoms with Crippen LogP contribution in [-0.2, 0) is 9.84 Å². The van der Waals surface area contributed by atoms with E-state index in [1.54, 1.807) is 19.1 Å². The summed E-state index contributed by atoms with van der Waals surface area (Å²) < 4.78 is 35.2. The predicted molar refractivity (Wildman–Crippen MR) is 62.4 cm³/mol. The van der Waals surface area contributed by atoms with Crippen molar-refractivity contribution in [2.24, 2.45) is 5.73 Å². The van der Waals surface area contributed by atoms with E-state index in [0.29, 0.717) is 17.5 Å². The van der Waals surface area contributed by atoms with Crippen LogP contribution in [-0.4, -0.2) is 20.4 Å². The van der Waals surface area contributed by atoms with Gasteiger partial charge in [-0.05, 0) is 30.5 Å². The Morgan fingerprint density at radius 3 is 2.56 bits per heavy atom. The quantitative estimate of drug-likeness (QED) is 0.876. The Balaban J connectivity index is 2.73. The maximum atomic E-state index is 13.2. The Morgan fingerprint density at radius 2 is 2.06 bits per heavy atom. The van der Waals surface area contributed by atoms with E-state index < -0.39 is 15.9 Å². The molecule has 16 heavy (non-hydrogen) atoms. The van der Waals surface area contributed by atoms with Crippen molar-refractivity contribution in [2.75, 3.05) is 12.0 Å². The number of hydrogen-bond donors (Lipinski definition) is 1. The van der Waals surface area contributed by atoms with Gasteiger partial charge in [-0.2, -0.15) is 0 Å². The number of sulfone groups is 1. The third-order valence-electron chi connectivity index (χ3n) is 2.42. The molecule has 90 valence electrons. The van der Waals surface area contributed by atoms with Crippen molar-refractivity contribution in [1.29, 1.82) is 0 Å². The third-order valence-corrected chi connectivity index (χ3v) is 3.40. The van der Waals surface area contributed by atoms with Crippen molar-refractivity contribution >= 4 is 9.84 Å². The lowest BCUT2D eigenvalue weighted by atomic mass is 10.0. The number of halogens is 1. The van der Waals surface area contributed by atoms with E-state index in [0.717, 1.165) is 6.26 Å². The molecule has 0 spiro atoms. The van der Waals surface area contributed by atoms with Gasteiger partial charge >= 0.3 is 0 Å². The topological polar surface area (TPSA) is 60.2 Å². The fraction of sp³-hybridized carbons (Fsp3) is 0.455. The molecule has 1 unspecified atom stereocenters. The number of nitrogens with two attached hydrogens (primary N) is 1. The summed E-state index contributed by atoms with van der Waals surface area (Å²) in [6, 6.07) is 4.29. The molecule has 0 aliphatic rings. The fourth-order valence-corrected chi connectivity index (χ4v) is 2.03. The van der Waals surface area contributed by atoms with Gasteiger partial charge in [0.25, 0.3) is 0 Å². The van der Waals surface area contributed by atoms with E-state index in [-0.39, 0.29) is 11.6 Å². The second-order valence-electron chi connectivity index (χ2n) is 4.03. The molecule has 0 aliphatic carbocycles. The smallest absolute Gasteiger partial charge is 0.147 e. The molecule has 1 aromatic rings. The number of benzene rings is 1. The minimum absolute atomic E-state index is 0.0175. The monoisotopic (exact) mass is 245 g/mol. The van der Waals surface area contributed by atoms with Crippen LogP contribution < -0.4 is 5.73 Å². The molecular formula is C11H16FNO2S. The lowest BCUT2D eigenvalue weighted by molar-refractivity contribution is 0.588. The average molecular weight is 245 g/mol. The van der Waals surface area contributed by atoms with Crippen LogP contribution in [0, 0.1) is 12.7 Å². The van der Waals surface area contributed by atoms with Crippen LogP contribution in [0.25, 0.3) is 0 Å². The van der Waals surface area contributed by atoms with Gasteiger partial charge in [-0.3, -0.25) is 0 Å². The molecule has 3 nitrogen and oxygen atoms in total. The molecule has 2 N–H and O–H groups in total. The molecule has 5 heteroatoms. The summed E-state index contributed by atoms with van der Waals surface area (Å²) in [7, 11) is -3.02. The van der Waals surface area contributed by atoms with Gasteiger partial charge in [-0.15, -0.1) is 0 Å². The lowest BCUT2D eigenvalue weighted by Gasteiger charge is -2.11. The van der Waals surface area contributed by atoms with E-state index in [2.05, 4.69) is 0 Å². The standard InChI is InChI=1S/C11H16FNO2S/c1-8-3-4-9(7-10(8)12)11(13)5-6-16(2,14)15/h3-4,7,11H,5-6,13H2,1-2H3. The minimum atomic E-state index is -3.02. The second kappa shape index (κ2) is 4.93. The maximum Gasteiger partial charge on any atom is 0.147 e. The highest BCUT2D eigenvalue weighted by Gasteiger charge is 2.11. The van der Waals surface area contributed by atoms with E-state index in [1.807, 2.05) is 0 Å². The van der Waals surface area contributed by atoms with Crippen LogP contribution in [0.1, 0.15) is 23.6 Å². The highest BCUT2D eigenvalue weighted by Crippen LogP contribution is 2.17. The fourth-order valence-electron chi connectivity index (χ4n) is 1.35. The zero-order chi connectivity index (χ0) is 12.3. The van der Waals surface area contributed by atoms with Crippen molar-refractivity contribution in [3.05, 3.63) is 35.1 Å². The van der Waals surface area contributed by atoms with Gasteiger partial charge < -0.3 is 5.73 Å². The van der Waals surface area contributed by atoms with Gasteiger partial charge in [0.2, 0.25) is 0 Å². The van der Waals surface area contributed by atoms with Crippen LogP contribution >= 0.6 is 0 Å². The number of rotatable bonds is 4. The highest BCUT2D eigenvalue weighted by atomic mass is 32.2. The lowest BCUT2D eigenvalue weighted by Crippen LogP contribution is -2.15. The predicted octanol–water partition coefficient (Wildman–Crippen LogP) is 1.57. The number of aryl methyl sites for hydroxylation is 1. The molecule has 1 atom stereocenters. The summed E-state index contributed by atoms with van der Waals surface area (Å²) in [6.07, 6.45) is 1.47. The first-order chi connectivity index (χ1) is 7.29. The van der Waals surface area contributed by atoms with Crippen molar-refractivity contribution in [3.63, 3.8) is 0 Å². The van der Waals surface area contributed by atoms with Crippen molar-refractivity contribution in [2.45, 2.75) is 19.4 Å². The summed E-state index contributed by atoms with van der Waals surface area (Å²) in [5.74, 6) is -0.295. The van der Waals surface area contributed by atoms with Crippen LogP contribution in [0.2, 0.25) is 0 Å². The molecule has 0 aromatic heterocycles. The van der Waals surface area contributed by atoms with Gasteiger partial charge in [0.15, 0.2) is 0 Å². The van der Waals surface area contributed by atoms with Gasteiger partial charge in [0.1, 0.15) is 15.7 Å². The molecule has 0 aliphatic heterocycles. The van der Waals surface area contributed by atoms with E-state index in [1.165, 1.54) is 6.07 Å². The molecule has 1 rings (SSSR count). The largest absolute Gasteiger partial charge is 0.324 e. The Kier molecular flexibility index (Phi) is 4.04. The zero-order valence-electron chi connectivity index (χ0n) is 9.40. The molecule has 0 saturated heterocycles. The molecular weight excluding hydrogens is 229 g/mol. The SMILES string of the molecule is Cc1ccc(C(N)CCS(C)(=O)=O)cc1F. The van der Waals surface area contributed by atoms with Crippen LogP contribution in [0.3, 0.4) is 0 Å². The van der Waals surface area contributed by atoms with Gasteiger partial charge in [-0.1, -0.05) is 12.1 Å². The minimum Gasteiger partial charge on any atom is -0.324 e. The van der Waals surface area contributed by atoms with E-state index >= 15 is 0 Å². The van der Waals surface area contributed by atoms with Gasteiger partial charge in [0.05, 0.1) is 5.75 Å². The Hall–Kier alpha value is -0.940. The van der Waals surface area contributed by atoms with Crippen LogP contribution in [0.5, 0.6) is 0 Å². The third kappa shape index (κ3) is 3.90. The molecule has 0 fully saturated rings. The maximum absolute atomic E-state index is 13.2. The summed E-state index contributed by atoms with van der Waals surface area (Å²) in [5, 5.41) is 0. The van der Waals surface area contributed by atoms with Crippen LogP contribution in [0.4, 0.5) is 4.39 Å². The highest BCUT2D eigenvalue weighted by molar-refractivity contribution is 7.90. The van der Waals surface area contributed by atoms with Crippen molar-refractivity contribution < 1.29 is 12.8 Å². The summed E-state index contributed by atoms with van der Waals surface area (Å²) in [6.45, 7) is 1.67. The molecule has 0 heterocycles. The van der Waals surface area contributed by atoms with Crippen LogP contribution in [0.15, 0.2) is 18.2 Å². The molecule has 0 amide bonds. The van der Waals surface area contributed by atoms with Crippen molar-refractivity contribution in [1.82, 2.24) is 0 Å². The number of hydrogen-bond acceptors (Lipinski definition) is 3. The normalized spacial score (nSPS) is 13.8. The zero-order valence-corrected chi connectivity index (χ0v) is 10.2. The molecule has 1 aromatic carbocycles. The average Bonchev–Trinajstić information content (AvgIpc) is 2.17. The molecule has 0 saturated carbocycles. The Labute approximate surface area is 95.4 Å². The summed E-state index contributed by atoms with van der Waals surface area (Å²) in [5.41, 5.74) is 6.98. The summed E-state index contributed by atoms with van der Waals surface area (Å²) in [4.78, 5) is 0. The molecule has 0 bridgehead atoms. The van der Waals surface area contributed by atoms with Gasteiger partial charge in [0, 0.05) is 12.3 Å². The Bertz CT molecular complexity index is 471. The second-order valence-corrected chi connectivity index (χ2v) is 6.29. The van der Waals surface area contributed by atoms with E-state index in [9.17, 15) is 12.8 Å². The first kappa shape index (κ1) is 13.1. The summed E-state index contributed by atoms with van der Waals surface area (Å²) >= 11 is 0. The van der Waals surface area contributed by atoms with Crippen molar-refractivity contribution in [3.8, 4) is 0 Å².